The number of ether oxygens (including phenoxy) is 2. The highest BCUT2D eigenvalue weighted by Gasteiger charge is 2.14. The summed E-state index contributed by atoms with van der Waals surface area (Å²) in [7, 11) is 3.10. The molecule has 0 bridgehead atoms. The standard InChI is InChI=1S/C32H29FN4O3/c1-21-16-34-30(15-28(21)25-18-36-37(20-25)19-23-6-11-27(39-2)12-7-23)24-8-4-22(5-9-24)17-35-32(38)29-14-26(33)10-13-31(29)40-3/h4-16,18,20H,17,19H2,1-3H3,(H,35,38). The Kier molecular flexibility index (Phi) is 7.87. The van der Waals surface area contributed by atoms with Crippen molar-refractivity contribution in [2.75, 3.05) is 14.2 Å². The number of amides is 1. The van der Waals surface area contributed by atoms with Crippen LogP contribution in [-0.2, 0) is 13.1 Å². The molecule has 5 rings (SSSR count). The first kappa shape index (κ1) is 26.6. The minimum absolute atomic E-state index is 0.155. The number of rotatable bonds is 9. The number of hydrogen-bond donors (Lipinski definition) is 1. The van der Waals surface area contributed by atoms with Crippen LogP contribution in [0.4, 0.5) is 4.39 Å². The largest absolute Gasteiger partial charge is 0.497 e. The van der Waals surface area contributed by atoms with Crippen molar-refractivity contribution in [3.63, 3.8) is 0 Å². The lowest BCUT2D eigenvalue weighted by Gasteiger charge is -2.10. The van der Waals surface area contributed by atoms with Crippen molar-refractivity contribution in [2.24, 2.45) is 0 Å². The van der Waals surface area contributed by atoms with Gasteiger partial charge in [0.2, 0.25) is 0 Å². The van der Waals surface area contributed by atoms with Gasteiger partial charge >= 0.3 is 0 Å². The number of hydrogen-bond acceptors (Lipinski definition) is 5. The van der Waals surface area contributed by atoms with Gasteiger partial charge in [0.15, 0.2) is 0 Å². The zero-order chi connectivity index (χ0) is 28.1. The number of carbonyl (C=O) groups is 1. The van der Waals surface area contributed by atoms with Gasteiger partial charge in [-0.15, -0.1) is 0 Å². The molecule has 1 N–H and O–H groups in total. The van der Waals surface area contributed by atoms with Crippen LogP contribution in [0.25, 0.3) is 22.4 Å². The number of halogens is 1. The lowest BCUT2D eigenvalue weighted by atomic mass is 10.0. The topological polar surface area (TPSA) is 78.3 Å². The summed E-state index contributed by atoms with van der Waals surface area (Å²) in [6.45, 7) is 2.98. The number of carbonyl (C=O) groups excluding carboxylic acids is 1. The molecule has 0 aliphatic carbocycles. The molecule has 7 nitrogen and oxygen atoms in total. The van der Waals surface area contributed by atoms with Crippen molar-refractivity contribution < 1.29 is 18.7 Å². The highest BCUT2D eigenvalue weighted by Crippen LogP contribution is 2.28. The molecule has 2 heterocycles. The van der Waals surface area contributed by atoms with E-state index in [1.54, 1.807) is 7.11 Å². The van der Waals surface area contributed by atoms with E-state index < -0.39 is 11.7 Å². The van der Waals surface area contributed by atoms with Gasteiger partial charge in [0.25, 0.3) is 5.91 Å². The average Bonchev–Trinajstić information content (AvgIpc) is 3.45. The number of methoxy groups -OCH3 is 2. The molecule has 0 aliphatic heterocycles. The Morgan fingerprint density at radius 1 is 0.900 bits per heavy atom. The summed E-state index contributed by atoms with van der Waals surface area (Å²) >= 11 is 0. The number of pyridine rings is 1. The molecule has 0 atom stereocenters. The fraction of sp³-hybridized carbons (Fsp3) is 0.156. The minimum atomic E-state index is -0.496. The van der Waals surface area contributed by atoms with Crippen LogP contribution in [0.5, 0.6) is 11.5 Å². The van der Waals surface area contributed by atoms with Crippen LogP contribution in [-0.4, -0.2) is 34.9 Å². The monoisotopic (exact) mass is 536 g/mol. The van der Waals surface area contributed by atoms with Crippen LogP contribution in [0.3, 0.4) is 0 Å². The van der Waals surface area contributed by atoms with Crippen LogP contribution in [0.1, 0.15) is 27.0 Å². The molecule has 3 aromatic carbocycles. The predicted molar refractivity (Wildman–Crippen MR) is 152 cm³/mol. The van der Waals surface area contributed by atoms with Gasteiger partial charge in [0.05, 0.1) is 38.2 Å². The SMILES string of the molecule is COc1ccc(Cn2cc(-c3cc(-c4ccc(CNC(=O)c5cc(F)ccc5OC)cc4)ncc3C)cn2)cc1. The third-order valence-corrected chi connectivity index (χ3v) is 6.66. The number of aryl methyl sites for hydroxylation is 1. The van der Waals surface area contributed by atoms with E-state index >= 15 is 0 Å². The van der Waals surface area contributed by atoms with Crippen molar-refractivity contribution in [3.05, 3.63) is 119 Å². The molecule has 2 aromatic heterocycles. The second-order valence-electron chi connectivity index (χ2n) is 9.38. The summed E-state index contributed by atoms with van der Waals surface area (Å²) < 4.78 is 26.0. The molecule has 0 fully saturated rings. The van der Waals surface area contributed by atoms with Crippen LogP contribution in [0, 0.1) is 12.7 Å². The molecule has 5 aromatic rings. The molecule has 0 unspecified atom stereocenters. The second kappa shape index (κ2) is 11.8. The number of nitrogens with zero attached hydrogens (tertiary/aromatic N) is 3. The minimum Gasteiger partial charge on any atom is -0.497 e. The van der Waals surface area contributed by atoms with E-state index in [2.05, 4.69) is 21.5 Å². The molecule has 8 heteroatoms. The molecule has 0 spiro atoms. The molecule has 40 heavy (non-hydrogen) atoms. The fourth-order valence-corrected chi connectivity index (χ4v) is 4.43. The van der Waals surface area contributed by atoms with Gasteiger partial charge in [-0.25, -0.2) is 4.39 Å². The molecular formula is C32H29FN4O3. The number of benzene rings is 3. The maximum atomic E-state index is 13.6. The summed E-state index contributed by atoms with van der Waals surface area (Å²) in [5, 5.41) is 7.38. The number of nitrogens with one attached hydrogen (secondary N) is 1. The molecule has 202 valence electrons. The smallest absolute Gasteiger partial charge is 0.255 e. The molecule has 1 amide bonds. The van der Waals surface area contributed by atoms with E-state index in [9.17, 15) is 9.18 Å². The second-order valence-corrected chi connectivity index (χ2v) is 9.38. The van der Waals surface area contributed by atoms with Crippen LogP contribution in [0.2, 0.25) is 0 Å². The van der Waals surface area contributed by atoms with Crippen molar-refractivity contribution >= 4 is 5.91 Å². The Balaban J connectivity index is 1.27. The van der Waals surface area contributed by atoms with E-state index in [0.717, 1.165) is 44.8 Å². The zero-order valence-electron chi connectivity index (χ0n) is 22.5. The van der Waals surface area contributed by atoms with Crippen molar-refractivity contribution in [1.82, 2.24) is 20.1 Å². The van der Waals surface area contributed by atoms with E-state index in [1.807, 2.05) is 78.7 Å². The van der Waals surface area contributed by atoms with Crippen molar-refractivity contribution in [1.29, 1.82) is 0 Å². The first-order valence-electron chi connectivity index (χ1n) is 12.8. The molecule has 0 saturated carbocycles. The van der Waals surface area contributed by atoms with Gasteiger partial charge in [-0.3, -0.25) is 14.5 Å². The van der Waals surface area contributed by atoms with Gasteiger partial charge < -0.3 is 14.8 Å². The number of aromatic nitrogens is 3. The lowest BCUT2D eigenvalue weighted by molar-refractivity contribution is 0.0947. The van der Waals surface area contributed by atoms with Gasteiger partial charge in [-0.2, -0.15) is 5.10 Å². The quantitative estimate of drug-likeness (QED) is 0.248. The van der Waals surface area contributed by atoms with Crippen LogP contribution in [0.15, 0.2) is 91.4 Å². The van der Waals surface area contributed by atoms with E-state index in [1.165, 1.54) is 25.3 Å². The van der Waals surface area contributed by atoms with Gasteiger partial charge in [-0.1, -0.05) is 36.4 Å². The third kappa shape index (κ3) is 6.02. The van der Waals surface area contributed by atoms with Crippen molar-refractivity contribution in [3.8, 4) is 33.9 Å². The molecule has 0 aliphatic rings. The Hall–Kier alpha value is -4.98. The van der Waals surface area contributed by atoms with E-state index in [0.29, 0.717) is 18.8 Å². The van der Waals surface area contributed by atoms with E-state index in [4.69, 9.17) is 9.47 Å². The highest BCUT2D eigenvalue weighted by atomic mass is 19.1. The van der Waals surface area contributed by atoms with Crippen molar-refractivity contribution in [2.45, 2.75) is 20.0 Å². The molecule has 0 saturated heterocycles. The summed E-state index contributed by atoms with van der Waals surface area (Å²) in [4.78, 5) is 17.2. The Bertz CT molecular complexity index is 1630. The summed E-state index contributed by atoms with van der Waals surface area (Å²) in [5.41, 5.74) is 7.11. The maximum Gasteiger partial charge on any atom is 0.255 e. The fourth-order valence-electron chi connectivity index (χ4n) is 4.43. The molecule has 0 radical (unpaired) electrons. The van der Waals surface area contributed by atoms with Gasteiger partial charge in [0.1, 0.15) is 17.3 Å². The average molecular weight is 537 g/mol. The predicted octanol–water partition coefficient (Wildman–Crippen LogP) is 6.06. The third-order valence-electron chi connectivity index (χ3n) is 6.66. The molecular weight excluding hydrogens is 507 g/mol. The maximum absolute atomic E-state index is 13.6. The summed E-state index contributed by atoms with van der Waals surface area (Å²) in [5.74, 6) is 0.247. The highest BCUT2D eigenvalue weighted by molar-refractivity contribution is 5.96. The first-order valence-corrected chi connectivity index (χ1v) is 12.8. The normalized spacial score (nSPS) is 10.8. The van der Waals surface area contributed by atoms with Gasteiger partial charge in [-0.05, 0) is 65.6 Å². The first-order chi connectivity index (χ1) is 19.4. The van der Waals surface area contributed by atoms with E-state index in [-0.39, 0.29) is 5.56 Å². The Labute approximate surface area is 232 Å². The van der Waals surface area contributed by atoms with Crippen LogP contribution >= 0.6 is 0 Å². The Morgan fingerprint density at radius 2 is 1.65 bits per heavy atom. The summed E-state index contributed by atoms with van der Waals surface area (Å²) in [6.07, 6.45) is 5.77. The van der Waals surface area contributed by atoms with Crippen LogP contribution < -0.4 is 14.8 Å². The Morgan fingerprint density at radius 3 is 2.38 bits per heavy atom. The lowest BCUT2D eigenvalue weighted by Crippen LogP contribution is -2.23. The zero-order valence-corrected chi connectivity index (χ0v) is 22.5. The van der Waals surface area contributed by atoms with Gasteiger partial charge in [0, 0.05) is 30.1 Å². The summed E-state index contributed by atoms with van der Waals surface area (Å²) in [6, 6.07) is 21.7.